The van der Waals surface area contributed by atoms with Gasteiger partial charge in [0.15, 0.2) is 0 Å². The number of benzene rings is 1. The van der Waals surface area contributed by atoms with Gasteiger partial charge in [0, 0.05) is 5.56 Å². The first-order valence-electron chi connectivity index (χ1n) is 6.39. The summed E-state index contributed by atoms with van der Waals surface area (Å²) in [6, 6.07) is 5.19. The van der Waals surface area contributed by atoms with Gasteiger partial charge in [0.1, 0.15) is 5.75 Å². The highest BCUT2D eigenvalue weighted by Crippen LogP contribution is 2.16. The van der Waals surface area contributed by atoms with E-state index in [2.05, 4.69) is 10.1 Å². The number of aliphatic hydroxyl groups excluding tert-OH is 1. The summed E-state index contributed by atoms with van der Waals surface area (Å²) in [6.07, 6.45) is 0.634. The highest BCUT2D eigenvalue weighted by atomic mass is 19.3. The van der Waals surface area contributed by atoms with Gasteiger partial charge in [-0.1, -0.05) is 19.9 Å². The number of hydrogen-bond acceptors (Lipinski definition) is 3. The van der Waals surface area contributed by atoms with Crippen molar-refractivity contribution in [2.24, 2.45) is 5.92 Å². The first-order valence-corrected chi connectivity index (χ1v) is 6.39. The van der Waals surface area contributed by atoms with Gasteiger partial charge in [-0.25, -0.2) is 0 Å². The molecule has 0 aliphatic rings. The molecule has 0 saturated carbocycles. The fourth-order valence-corrected chi connectivity index (χ4v) is 1.83. The largest absolute Gasteiger partial charge is 0.435 e. The molecule has 2 N–H and O–H groups in total. The second kappa shape index (κ2) is 7.79. The van der Waals surface area contributed by atoms with Crippen molar-refractivity contribution in [2.45, 2.75) is 32.9 Å². The molecule has 1 atom stereocenters. The fraction of sp³-hybridized carbons (Fsp3) is 0.500. The first-order chi connectivity index (χ1) is 9.42. The number of amides is 1. The van der Waals surface area contributed by atoms with E-state index in [4.69, 9.17) is 0 Å². The summed E-state index contributed by atoms with van der Waals surface area (Å²) in [5, 5.41) is 11.9. The van der Waals surface area contributed by atoms with Crippen molar-refractivity contribution in [3.63, 3.8) is 0 Å². The number of halogens is 2. The molecule has 0 saturated heterocycles. The molecule has 0 aliphatic heterocycles. The summed E-state index contributed by atoms with van der Waals surface area (Å²) in [5.41, 5.74) is 0.213. The second-order valence-corrected chi connectivity index (χ2v) is 4.89. The molecule has 0 spiro atoms. The van der Waals surface area contributed by atoms with Crippen LogP contribution in [0.3, 0.4) is 0 Å². The van der Waals surface area contributed by atoms with Gasteiger partial charge < -0.3 is 15.2 Å². The van der Waals surface area contributed by atoms with Crippen molar-refractivity contribution in [1.29, 1.82) is 0 Å². The van der Waals surface area contributed by atoms with Crippen LogP contribution in [0, 0.1) is 5.92 Å². The molecule has 1 amide bonds. The Balaban J connectivity index is 2.71. The number of hydrogen-bond donors (Lipinski definition) is 2. The third-order valence-electron chi connectivity index (χ3n) is 2.63. The predicted molar refractivity (Wildman–Crippen MR) is 70.9 cm³/mol. The monoisotopic (exact) mass is 287 g/mol. The Bertz CT molecular complexity index is 438. The van der Waals surface area contributed by atoms with Crippen molar-refractivity contribution in [2.75, 3.05) is 6.61 Å². The number of aliphatic hydroxyl groups is 1. The molecule has 112 valence electrons. The summed E-state index contributed by atoms with van der Waals surface area (Å²) in [5.74, 6) is -0.178. The molecule has 1 aromatic rings. The van der Waals surface area contributed by atoms with Crippen LogP contribution in [0.4, 0.5) is 8.78 Å². The first kappa shape index (κ1) is 16.4. The summed E-state index contributed by atoms with van der Waals surface area (Å²) < 4.78 is 28.4. The van der Waals surface area contributed by atoms with Crippen molar-refractivity contribution >= 4 is 5.91 Å². The van der Waals surface area contributed by atoms with Crippen LogP contribution in [0.2, 0.25) is 0 Å². The van der Waals surface area contributed by atoms with Crippen LogP contribution in [0.15, 0.2) is 24.3 Å². The lowest BCUT2D eigenvalue weighted by molar-refractivity contribution is -0.0498. The van der Waals surface area contributed by atoms with Crippen molar-refractivity contribution in [3.8, 4) is 5.75 Å². The van der Waals surface area contributed by atoms with E-state index in [1.165, 1.54) is 24.3 Å². The molecule has 0 fully saturated rings. The minimum Gasteiger partial charge on any atom is -0.435 e. The Morgan fingerprint density at radius 3 is 2.65 bits per heavy atom. The smallest absolute Gasteiger partial charge is 0.387 e. The average molecular weight is 287 g/mol. The van der Waals surface area contributed by atoms with E-state index < -0.39 is 12.5 Å². The van der Waals surface area contributed by atoms with Crippen LogP contribution in [0.25, 0.3) is 0 Å². The molecule has 0 aliphatic carbocycles. The molecule has 0 heterocycles. The van der Waals surface area contributed by atoms with Gasteiger partial charge in [-0.15, -0.1) is 0 Å². The van der Waals surface area contributed by atoms with Crippen LogP contribution in [0.5, 0.6) is 5.75 Å². The Kier molecular flexibility index (Phi) is 6.38. The van der Waals surface area contributed by atoms with Gasteiger partial charge in [0.2, 0.25) is 0 Å². The minimum absolute atomic E-state index is 0.0722. The van der Waals surface area contributed by atoms with E-state index in [1.807, 2.05) is 13.8 Å². The van der Waals surface area contributed by atoms with E-state index in [1.54, 1.807) is 0 Å². The van der Waals surface area contributed by atoms with Gasteiger partial charge in [0.05, 0.1) is 12.6 Å². The Morgan fingerprint density at radius 1 is 1.40 bits per heavy atom. The highest BCUT2D eigenvalue weighted by molar-refractivity contribution is 5.94. The van der Waals surface area contributed by atoms with E-state index in [0.717, 1.165) is 0 Å². The van der Waals surface area contributed by atoms with Gasteiger partial charge >= 0.3 is 6.61 Å². The lowest BCUT2D eigenvalue weighted by Gasteiger charge is -2.18. The maximum atomic E-state index is 12.1. The predicted octanol–water partition coefficient (Wildman–Crippen LogP) is 2.42. The lowest BCUT2D eigenvalue weighted by Crippen LogP contribution is -2.38. The number of ether oxygens (including phenoxy) is 1. The molecular formula is C14H19F2NO3. The summed E-state index contributed by atoms with van der Waals surface area (Å²) in [6.45, 7) is 0.856. The molecule has 1 aromatic carbocycles. The second-order valence-electron chi connectivity index (χ2n) is 4.89. The maximum absolute atomic E-state index is 12.1. The third kappa shape index (κ3) is 5.52. The number of carbonyl (C=O) groups is 1. The maximum Gasteiger partial charge on any atom is 0.387 e. The van der Waals surface area contributed by atoms with E-state index in [9.17, 15) is 18.7 Å². The Labute approximate surface area is 116 Å². The van der Waals surface area contributed by atoms with Crippen LogP contribution in [0.1, 0.15) is 30.6 Å². The van der Waals surface area contributed by atoms with Gasteiger partial charge in [-0.05, 0) is 30.5 Å². The average Bonchev–Trinajstić information content (AvgIpc) is 2.36. The zero-order valence-electron chi connectivity index (χ0n) is 11.5. The third-order valence-corrected chi connectivity index (χ3v) is 2.63. The van der Waals surface area contributed by atoms with E-state index >= 15 is 0 Å². The summed E-state index contributed by atoms with van der Waals surface area (Å²) in [7, 11) is 0. The lowest BCUT2D eigenvalue weighted by atomic mass is 10.0. The number of carbonyl (C=O) groups excluding carboxylic acids is 1. The van der Waals surface area contributed by atoms with Crippen LogP contribution in [-0.2, 0) is 0 Å². The summed E-state index contributed by atoms with van der Waals surface area (Å²) in [4.78, 5) is 12.0. The molecule has 6 heteroatoms. The topological polar surface area (TPSA) is 58.6 Å². The van der Waals surface area contributed by atoms with Crippen molar-refractivity contribution in [3.05, 3.63) is 29.8 Å². The number of alkyl halides is 2. The van der Waals surface area contributed by atoms with Crippen LogP contribution >= 0.6 is 0 Å². The van der Waals surface area contributed by atoms with Gasteiger partial charge in [-0.3, -0.25) is 4.79 Å². The molecular weight excluding hydrogens is 268 g/mol. The molecule has 0 radical (unpaired) electrons. The summed E-state index contributed by atoms with van der Waals surface area (Å²) >= 11 is 0. The fourth-order valence-electron chi connectivity index (χ4n) is 1.83. The van der Waals surface area contributed by atoms with Gasteiger partial charge in [-0.2, -0.15) is 8.78 Å². The zero-order valence-corrected chi connectivity index (χ0v) is 11.5. The molecule has 0 aromatic heterocycles. The SMILES string of the molecule is CC(C)CC(CO)NC(=O)c1cccc(OC(F)F)c1. The molecule has 20 heavy (non-hydrogen) atoms. The molecule has 0 bridgehead atoms. The molecule has 4 nitrogen and oxygen atoms in total. The number of rotatable bonds is 7. The Morgan fingerprint density at radius 2 is 2.10 bits per heavy atom. The van der Waals surface area contributed by atoms with Crippen molar-refractivity contribution < 1.29 is 23.4 Å². The standard InChI is InChI=1S/C14H19F2NO3/c1-9(2)6-11(8-18)17-13(19)10-4-3-5-12(7-10)20-14(15)16/h3-5,7,9,11,14,18H,6,8H2,1-2H3,(H,17,19). The highest BCUT2D eigenvalue weighted by Gasteiger charge is 2.15. The number of nitrogens with one attached hydrogen (secondary N) is 1. The molecule has 1 unspecified atom stereocenters. The van der Waals surface area contributed by atoms with Crippen molar-refractivity contribution in [1.82, 2.24) is 5.32 Å². The van der Waals surface area contributed by atoms with E-state index in [-0.39, 0.29) is 24.0 Å². The zero-order chi connectivity index (χ0) is 15.1. The minimum atomic E-state index is -2.93. The van der Waals surface area contributed by atoms with Gasteiger partial charge in [0.25, 0.3) is 5.91 Å². The van der Waals surface area contributed by atoms with Crippen LogP contribution < -0.4 is 10.1 Å². The molecule has 1 rings (SSSR count). The van der Waals surface area contributed by atoms with E-state index in [0.29, 0.717) is 12.3 Å². The van der Waals surface area contributed by atoms with Crippen LogP contribution in [-0.4, -0.2) is 30.3 Å². The normalized spacial score (nSPS) is 12.6. The Hall–Kier alpha value is -1.69. The quantitative estimate of drug-likeness (QED) is 0.809.